The summed E-state index contributed by atoms with van der Waals surface area (Å²) >= 11 is 2.16. The molecule has 1 aromatic carbocycles. The largest absolute Gasteiger partial charge is 0.423 e. The first-order chi connectivity index (χ1) is 6.09. The van der Waals surface area contributed by atoms with Gasteiger partial charge >= 0.3 is 5.97 Å². The molecule has 0 aliphatic carbocycles. The molecule has 0 bridgehead atoms. The molecule has 0 spiro atoms. The highest BCUT2D eigenvalue weighted by Gasteiger charge is 2.04. The predicted octanol–water partition coefficient (Wildman–Crippen LogP) is 2.77. The van der Waals surface area contributed by atoms with E-state index in [0.29, 0.717) is 11.3 Å². The summed E-state index contributed by atoms with van der Waals surface area (Å²) < 4.78 is 6.05. The normalized spacial score (nSPS) is 9.38. The van der Waals surface area contributed by atoms with Crippen molar-refractivity contribution in [3.05, 3.63) is 40.0 Å². The van der Waals surface area contributed by atoms with E-state index in [0.717, 1.165) is 3.57 Å². The Hall–Kier alpha value is -0.840. The zero-order chi connectivity index (χ0) is 9.84. The second kappa shape index (κ2) is 4.41. The number of carbonyl (C=O) groups is 1. The minimum Gasteiger partial charge on any atom is -0.423 e. The Kier molecular flexibility index (Phi) is 3.48. The van der Waals surface area contributed by atoms with Gasteiger partial charge in [-0.2, -0.15) is 0 Å². The summed E-state index contributed by atoms with van der Waals surface area (Å²) in [6, 6.07) is 7.30. The van der Waals surface area contributed by atoms with Crippen molar-refractivity contribution in [3.63, 3.8) is 0 Å². The molecule has 0 heterocycles. The Bertz CT molecular complexity index is 345. The summed E-state index contributed by atoms with van der Waals surface area (Å²) in [5, 5.41) is 0. The highest BCUT2D eigenvalue weighted by molar-refractivity contribution is 14.1. The van der Waals surface area contributed by atoms with Crippen LogP contribution in [0.3, 0.4) is 0 Å². The summed E-state index contributed by atoms with van der Waals surface area (Å²) in [6.45, 7) is 5.12. The lowest BCUT2D eigenvalue weighted by Crippen LogP contribution is -2.07. The summed E-state index contributed by atoms with van der Waals surface area (Å²) in [7, 11) is 0. The molecule has 68 valence electrons. The van der Waals surface area contributed by atoms with E-state index in [1.54, 1.807) is 19.1 Å². The molecule has 0 N–H and O–H groups in total. The van der Waals surface area contributed by atoms with Gasteiger partial charge in [-0.15, -0.1) is 0 Å². The van der Waals surface area contributed by atoms with E-state index in [4.69, 9.17) is 4.74 Å². The highest BCUT2D eigenvalue weighted by atomic mass is 127. The lowest BCUT2D eigenvalue weighted by Gasteiger charge is -2.03. The molecule has 1 rings (SSSR count). The van der Waals surface area contributed by atoms with Crippen molar-refractivity contribution >= 4 is 28.6 Å². The van der Waals surface area contributed by atoms with Gasteiger partial charge < -0.3 is 4.74 Å². The van der Waals surface area contributed by atoms with Crippen LogP contribution >= 0.6 is 22.6 Å². The highest BCUT2D eigenvalue weighted by Crippen LogP contribution is 2.15. The fourth-order valence-electron chi connectivity index (χ4n) is 0.725. The number of hydrogen-bond donors (Lipinski definition) is 0. The number of hydrogen-bond acceptors (Lipinski definition) is 2. The molecule has 0 aliphatic heterocycles. The van der Waals surface area contributed by atoms with Gasteiger partial charge in [-0.1, -0.05) is 12.6 Å². The topological polar surface area (TPSA) is 26.3 Å². The third-order valence-electron chi connectivity index (χ3n) is 1.36. The molecular weight excluding hydrogens is 279 g/mol. The monoisotopic (exact) mass is 288 g/mol. The number of ether oxygens (including phenoxy) is 1. The fourth-order valence-corrected chi connectivity index (χ4v) is 1.24. The molecular formula is C10H9IO2. The van der Waals surface area contributed by atoms with Gasteiger partial charge in [-0.05, 0) is 47.7 Å². The van der Waals surface area contributed by atoms with Crippen LogP contribution in [0.25, 0.3) is 0 Å². The summed E-state index contributed by atoms with van der Waals surface area (Å²) in [4.78, 5) is 11.1. The van der Waals surface area contributed by atoms with Gasteiger partial charge in [-0.3, -0.25) is 0 Å². The molecule has 0 fully saturated rings. The Balaban J connectivity index is 2.75. The van der Waals surface area contributed by atoms with E-state index in [9.17, 15) is 4.79 Å². The lowest BCUT2D eigenvalue weighted by atomic mass is 10.3. The third-order valence-corrected chi connectivity index (χ3v) is 2.03. The molecule has 0 saturated carbocycles. The number of rotatable bonds is 2. The lowest BCUT2D eigenvalue weighted by molar-refractivity contribution is -0.130. The van der Waals surface area contributed by atoms with Crippen molar-refractivity contribution in [2.45, 2.75) is 6.92 Å². The van der Waals surface area contributed by atoms with Crippen molar-refractivity contribution in [1.82, 2.24) is 0 Å². The number of halogens is 1. The summed E-state index contributed by atoms with van der Waals surface area (Å²) in [6.07, 6.45) is 0. The maximum Gasteiger partial charge on any atom is 0.338 e. The van der Waals surface area contributed by atoms with Crippen LogP contribution < -0.4 is 4.74 Å². The zero-order valence-electron chi connectivity index (χ0n) is 7.21. The van der Waals surface area contributed by atoms with E-state index >= 15 is 0 Å². The third kappa shape index (κ3) is 3.18. The van der Waals surface area contributed by atoms with Gasteiger partial charge in [0, 0.05) is 9.14 Å². The van der Waals surface area contributed by atoms with Crippen molar-refractivity contribution in [1.29, 1.82) is 0 Å². The molecule has 0 atom stereocenters. The van der Waals surface area contributed by atoms with E-state index < -0.39 is 0 Å². The SMILES string of the molecule is C=C(C)C(=O)Oc1cccc(I)c1. The standard InChI is InChI=1S/C10H9IO2/c1-7(2)10(12)13-9-5-3-4-8(11)6-9/h3-6H,1H2,2H3. The van der Waals surface area contributed by atoms with Crippen molar-refractivity contribution in [3.8, 4) is 5.75 Å². The average Bonchev–Trinajstić information content (AvgIpc) is 2.04. The van der Waals surface area contributed by atoms with Gasteiger partial charge in [0.25, 0.3) is 0 Å². The zero-order valence-corrected chi connectivity index (χ0v) is 9.37. The van der Waals surface area contributed by atoms with Crippen LogP contribution in [0.2, 0.25) is 0 Å². The second-order valence-corrected chi connectivity index (χ2v) is 3.87. The van der Waals surface area contributed by atoms with Crippen LogP contribution in [0.1, 0.15) is 6.92 Å². The Morgan fingerprint density at radius 2 is 2.23 bits per heavy atom. The summed E-state index contributed by atoms with van der Waals surface area (Å²) in [5.74, 6) is 0.168. The Labute approximate surface area is 90.7 Å². The van der Waals surface area contributed by atoms with E-state index in [2.05, 4.69) is 29.2 Å². The number of esters is 1. The van der Waals surface area contributed by atoms with Crippen LogP contribution in [-0.4, -0.2) is 5.97 Å². The molecule has 3 heteroatoms. The van der Waals surface area contributed by atoms with Gasteiger partial charge in [0.2, 0.25) is 0 Å². The van der Waals surface area contributed by atoms with Crippen molar-refractivity contribution in [2.24, 2.45) is 0 Å². The minimum absolute atomic E-state index is 0.387. The number of benzene rings is 1. The van der Waals surface area contributed by atoms with Crippen LogP contribution in [0.4, 0.5) is 0 Å². The molecule has 0 saturated heterocycles. The molecule has 0 aromatic heterocycles. The van der Waals surface area contributed by atoms with E-state index in [1.165, 1.54) is 0 Å². The van der Waals surface area contributed by atoms with Gasteiger partial charge in [0.05, 0.1) is 0 Å². The number of carbonyl (C=O) groups excluding carboxylic acids is 1. The van der Waals surface area contributed by atoms with Crippen LogP contribution in [0.15, 0.2) is 36.4 Å². The van der Waals surface area contributed by atoms with Gasteiger partial charge in [0.15, 0.2) is 0 Å². The first kappa shape index (κ1) is 10.2. The predicted molar refractivity (Wildman–Crippen MR) is 59.6 cm³/mol. The Morgan fingerprint density at radius 3 is 2.77 bits per heavy atom. The van der Waals surface area contributed by atoms with E-state index in [-0.39, 0.29) is 5.97 Å². The first-order valence-corrected chi connectivity index (χ1v) is 4.81. The van der Waals surface area contributed by atoms with Crippen LogP contribution in [-0.2, 0) is 4.79 Å². The molecule has 0 radical (unpaired) electrons. The first-order valence-electron chi connectivity index (χ1n) is 3.73. The van der Waals surface area contributed by atoms with Crippen LogP contribution in [0.5, 0.6) is 5.75 Å². The molecule has 1 aromatic rings. The smallest absolute Gasteiger partial charge is 0.338 e. The molecule has 0 aliphatic rings. The van der Waals surface area contributed by atoms with Crippen molar-refractivity contribution < 1.29 is 9.53 Å². The van der Waals surface area contributed by atoms with E-state index in [1.807, 2.05) is 12.1 Å². The maximum atomic E-state index is 11.1. The Morgan fingerprint density at radius 1 is 1.54 bits per heavy atom. The maximum absolute atomic E-state index is 11.1. The van der Waals surface area contributed by atoms with Gasteiger partial charge in [0.1, 0.15) is 5.75 Å². The summed E-state index contributed by atoms with van der Waals surface area (Å²) in [5.41, 5.74) is 0.402. The molecule has 0 unspecified atom stereocenters. The minimum atomic E-state index is -0.387. The average molecular weight is 288 g/mol. The molecule has 2 nitrogen and oxygen atoms in total. The van der Waals surface area contributed by atoms with Crippen LogP contribution in [0, 0.1) is 3.57 Å². The van der Waals surface area contributed by atoms with Crippen molar-refractivity contribution in [2.75, 3.05) is 0 Å². The fraction of sp³-hybridized carbons (Fsp3) is 0.100. The quantitative estimate of drug-likeness (QED) is 0.362. The molecule has 0 amide bonds. The molecule has 13 heavy (non-hydrogen) atoms. The second-order valence-electron chi connectivity index (χ2n) is 2.63. The van der Waals surface area contributed by atoms with Gasteiger partial charge in [-0.25, -0.2) is 4.79 Å².